The minimum Gasteiger partial charge on any atom is -0.668 e. The Morgan fingerprint density at radius 2 is 1.55 bits per heavy atom. The molecule has 8 nitrogen and oxygen atoms in total. The summed E-state index contributed by atoms with van der Waals surface area (Å²) >= 11 is 6.14. The second-order valence-corrected chi connectivity index (χ2v) is 7.71. The molecule has 0 spiro atoms. The van der Waals surface area contributed by atoms with Gasteiger partial charge in [0.2, 0.25) is 11.8 Å². The van der Waals surface area contributed by atoms with Crippen molar-refractivity contribution < 1.29 is 56.4 Å². The van der Waals surface area contributed by atoms with Crippen LogP contribution in [0.2, 0.25) is 0 Å². The van der Waals surface area contributed by atoms with E-state index in [4.69, 9.17) is 5.73 Å². The van der Waals surface area contributed by atoms with E-state index in [9.17, 15) is 19.5 Å². The minimum atomic E-state index is -1.00. The topological polar surface area (TPSA) is 131 Å². The number of alkyl halides is 2. The van der Waals surface area contributed by atoms with Crippen LogP contribution in [0, 0.1) is 36.9 Å². The summed E-state index contributed by atoms with van der Waals surface area (Å²) in [5.74, 6) is -0.517. The van der Waals surface area contributed by atoms with Gasteiger partial charge in [0, 0.05) is 48.2 Å². The Bertz CT molecular complexity index is 663. The predicted molar refractivity (Wildman–Crippen MR) is 121 cm³/mol. The van der Waals surface area contributed by atoms with Crippen molar-refractivity contribution >= 4 is 69.8 Å². The molecule has 171 valence electrons. The summed E-state index contributed by atoms with van der Waals surface area (Å²) in [4.78, 5) is 34.3. The molecule has 0 aliphatic heterocycles. The number of anilines is 2. The molecule has 2 amide bonds. The summed E-state index contributed by atoms with van der Waals surface area (Å²) in [6.45, 7) is 0.486. The third kappa shape index (κ3) is 12.1. The van der Waals surface area contributed by atoms with Gasteiger partial charge in [-0.15, -0.1) is 0 Å². The molecule has 0 saturated carbocycles. The number of amides is 2. The van der Waals surface area contributed by atoms with Crippen LogP contribution in [-0.2, 0) is 14.4 Å². The number of nitrogens with one attached hydrogen (secondary N) is 4. The Hall–Kier alpha value is 0.334. The van der Waals surface area contributed by atoms with Gasteiger partial charge >= 0.3 is 0 Å². The number of carbonyl (C=O) groups excluding carboxylic acids is 3. The number of halogens is 2. The van der Waals surface area contributed by atoms with Gasteiger partial charge in [0.25, 0.3) is 0 Å². The Balaban J connectivity index is 0.00000784. The van der Waals surface area contributed by atoms with E-state index in [1.54, 1.807) is 18.2 Å². The molecule has 0 fully saturated rings. The molecular formula is C17H24Br2LuN4O4P-. The first-order chi connectivity index (χ1) is 13.3. The van der Waals surface area contributed by atoms with Crippen molar-refractivity contribution in [1.82, 2.24) is 5.32 Å². The second kappa shape index (κ2) is 16.0. The molecule has 0 saturated heterocycles. The molecule has 1 radical (unpaired) electrons. The van der Waals surface area contributed by atoms with E-state index in [0.29, 0.717) is 42.7 Å². The van der Waals surface area contributed by atoms with Crippen LogP contribution in [0.5, 0.6) is 0 Å². The van der Waals surface area contributed by atoms with Crippen molar-refractivity contribution in [2.75, 3.05) is 27.8 Å². The average Bonchev–Trinajstić information content (AvgIpc) is 2.66. The van der Waals surface area contributed by atoms with Gasteiger partial charge in [0.15, 0.2) is 0 Å². The summed E-state index contributed by atoms with van der Waals surface area (Å²) in [6, 6.07) is 4.11. The van der Waals surface area contributed by atoms with Gasteiger partial charge in [-0.25, -0.2) is 0 Å². The fourth-order valence-corrected chi connectivity index (χ4v) is 2.76. The fourth-order valence-electron chi connectivity index (χ4n) is 2.31. The number of benzene rings is 1. The van der Waals surface area contributed by atoms with E-state index >= 15 is 0 Å². The number of hydrogen-bond acceptors (Lipinski definition) is 5. The normalized spacial score (nSPS) is 12.4. The molecule has 0 aromatic heterocycles. The van der Waals surface area contributed by atoms with Gasteiger partial charge in [0.05, 0.1) is 10.7 Å². The molecule has 0 heterocycles. The van der Waals surface area contributed by atoms with Crippen LogP contribution in [0.25, 0.3) is 5.73 Å². The predicted octanol–water partition coefficient (Wildman–Crippen LogP) is 2.93. The first kappa shape index (κ1) is 29.3. The third-order valence-electron chi connectivity index (χ3n) is 3.68. The maximum atomic E-state index is 11.6. The van der Waals surface area contributed by atoms with Crippen LogP contribution in [0.3, 0.4) is 0 Å². The number of unbranched alkanes of at least 4 members (excludes halogenated alkanes) is 1. The summed E-state index contributed by atoms with van der Waals surface area (Å²) < 4.78 is 0. The smallest absolute Gasteiger partial charge is 0.235 e. The largest absolute Gasteiger partial charge is 0.668 e. The van der Waals surface area contributed by atoms with E-state index in [1.807, 2.05) is 9.24 Å². The van der Waals surface area contributed by atoms with E-state index in [2.05, 4.69) is 47.8 Å². The van der Waals surface area contributed by atoms with Gasteiger partial charge in [0.1, 0.15) is 11.8 Å². The molecule has 1 rings (SSSR count). The summed E-state index contributed by atoms with van der Waals surface area (Å²) in [7, 11) is 2.02. The van der Waals surface area contributed by atoms with Gasteiger partial charge in [-0.05, 0) is 36.7 Å². The molecule has 12 heteroatoms. The van der Waals surface area contributed by atoms with Crippen molar-refractivity contribution in [2.24, 2.45) is 0 Å². The molecule has 5 N–H and O–H groups in total. The number of rotatable bonds is 12. The molecule has 1 aromatic carbocycles. The zero-order valence-corrected chi connectivity index (χ0v) is 21.4. The van der Waals surface area contributed by atoms with Gasteiger partial charge in [-0.3, -0.25) is 19.7 Å². The van der Waals surface area contributed by atoms with Gasteiger partial charge < -0.3 is 21.5 Å². The van der Waals surface area contributed by atoms with Crippen molar-refractivity contribution in [1.29, 1.82) is 0 Å². The van der Waals surface area contributed by atoms with Crippen LogP contribution in [-0.4, -0.2) is 45.7 Å². The zero-order chi connectivity index (χ0) is 21.1. The van der Waals surface area contributed by atoms with E-state index in [1.165, 1.54) is 0 Å². The Morgan fingerprint density at radius 3 is 2.00 bits per heavy atom. The van der Waals surface area contributed by atoms with Crippen LogP contribution >= 0.6 is 41.1 Å². The Labute approximate surface area is 218 Å². The van der Waals surface area contributed by atoms with Crippen LogP contribution in [0.15, 0.2) is 18.2 Å². The van der Waals surface area contributed by atoms with E-state index in [-0.39, 0.29) is 64.9 Å². The van der Waals surface area contributed by atoms with E-state index < -0.39 is 12.3 Å². The van der Waals surface area contributed by atoms with Crippen molar-refractivity contribution in [3.8, 4) is 0 Å². The second-order valence-electron chi connectivity index (χ2n) is 6.01. The maximum Gasteiger partial charge on any atom is 0.235 e. The van der Waals surface area contributed by atoms with Crippen LogP contribution in [0.1, 0.15) is 31.1 Å². The molecule has 29 heavy (non-hydrogen) atoms. The molecule has 2 unspecified atom stereocenters. The SMILES string of the molecule is [Lu].[NH-][C@@H](CCCCNC(O)c1cc(NC(=O)CBr)cc(NC(=O)CBr)c1)C(=O)P. The fraction of sp³-hybridized carbons (Fsp3) is 0.471. The summed E-state index contributed by atoms with van der Waals surface area (Å²) in [5.41, 5.74) is 8.71. The Morgan fingerprint density at radius 1 is 1.03 bits per heavy atom. The van der Waals surface area contributed by atoms with Crippen molar-refractivity contribution in [3.63, 3.8) is 0 Å². The first-order valence-corrected chi connectivity index (χ1v) is 11.4. The van der Waals surface area contributed by atoms with Gasteiger partial charge in [-0.1, -0.05) is 60.0 Å². The quantitative estimate of drug-likeness (QED) is 0.115. The standard InChI is InChI=1S/C17H24Br2N4O4P.Lu/c18-8-14(24)22-11-5-10(6-12(7-11)23-15(25)9-19)16(26)21-4-2-1-3-13(20)17(27)28;/h5-7,13,16,20-21,26H,1-4,8-9,28H2,(H,22,24)(H,23,25);/q-1;/t13-,16?;/m0./s1. The number of aliphatic hydroxyl groups excluding tert-OH is 1. The molecule has 3 atom stereocenters. The molecule has 0 aliphatic carbocycles. The molecule has 0 aliphatic rings. The van der Waals surface area contributed by atoms with E-state index in [0.717, 1.165) is 0 Å². The maximum absolute atomic E-state index is 11.6. The van der Waals surface area contributed by atoms with Gasteiger partial charge in [-0.2, -0.15) is 0 Å². The molecule has 0 bridgehead atoms. The third-order valence-corrected chi connectivity index (χ3v) is 5.10. The monoisotopic (exact) mass is 712 g/mol. The number of aliphatic hydroxyl groups is 1. The summed E-state index contributed by atoms with van der Waals surface area (Å²) in [5, 5.41) is 18.9. The van der Waals surface area contributed by atoms with Crippen molar-refractivity contribution in [3.05, 3.63) is 29.5 Å². The molecular weight excluding hydrogens is 690 g/mol. The first-order valence-electron chi connectivity index (χ1n) is 8.55. The average molecular weight is 714 g/mol. The van der Waals surface area contributed by atoms with Crippen LogP contribution < -0.4 is 16.0 Å². The summed E-state index contributed by atoms with van der Waals surface area (Å²) in [6.07, 6.45) is 0.840. The Kier molecular flexibility index (Phi) is 16.2. The number of hydrogen-bond donors (Lipinski definition) is 4. The zero-order valence-electron chi connectivity index (χ0n) is 15.4. The van der Waals surface area contributed by atoms with Crippen LogP contribution in [0.4, 0.5) is 11.4 Å². The number of carbonyl (C=O) groups is 3. The van der Waals surface area contributed by atoms with Crippen molar-refractivity contribution in [2.45, 2.75) is 31.5 Å². The minimum absolute atomic E-state index is 0. The molecule has 1 aromatic rings.